The molecular weight excluding hydrogens is 300 g/mol. The first kappa shape index (κ1) is 14.6. The fraction of sp³-hybridized carbons (Fsp3) is 0.0769. The van der Waals surface area contributed by atoms with Crippen molar-refractivity contribution in [1.82, 2.24) is 0 Å². The molecule has 0 aliphatic carbocycles. The standard InChI is InChI=1S/C13H13ClN2O3S/c1-8-7-9(5-6-10(8)14)19-11-3-2-4-12(13(11)15)20(16,17)18/h2-7H,15H2,1H3,(H2,16,17,18). The molecule has 0 saturated carbocycles. The van der Waals surface area contributed by atoms with Gasteiger partial charge in [-0.2, -0.15) is 0 Å². The summed E-state index contributed by atoms with van der Waals surface area (Å²) in [5.74, 6) is 0.725. The number of primary sulfonamides is 1. The summed E-state index contributed by atoms with van der Waals surface area (Å²) in [5, 5.41) is 5.70. The number of para-hydroxylation sites is 1. The Balaban J connectivity index is 2.42. The minimum absolute atomic E-state index is 0.0254. The molecule has 0 amide bonds. The molecule has 0 atom stereocenters. The number of benzene rings is 2. The average Bonchev–Trinajstić information content (AvgIpc) is 2.35. The van der Waals surface area contributed by atoms with Gasteiger partial charge >= 0.3 is 0 Å². The zero-order chi connectivity index (χ0) is 14.9. The number of hydrogen-bond acceptors (Lipinski definition) is 4. The van der Waals surface area contributed by atoms with Crippen molar-refractivity contribution in [2.75, 3.05) is 5.73 Å². The smallest absolute Gasteiger partial charge is 0.240 e. The lowest BCUT2D eigenvalue weighted by atomic mass is 10.2. The van der Waals surface area contributed by atoms with E-state index in [1.54, 1.807) is 24.3 Å². The normalized spacial score (nSPS) is 11.3. The van der Waals surface area contributed by atoms with Crippen molar-refractivity contribution in [3.05, 3.63) is 47.0 Å². The first-order chi connectivity index (χ1) is 9.29. The second-order valence-electron chi connectivity index (χ2n) is 4.23. The Labute approximate surface area is 122 Å². The molecule has 0 heterocycles. The van der Waals surface area contributed by atoms with Crippen LogP contribution in [-0.2, 0) is 10.0 Å². The molecule has 0 aliphatic rings. The number of rotatable bonds is 3. The summed E-state index contributed by atoms with van der Waals surface area (Å²) in [4.78, 5) is -0.166. The molecule has 0 bridgehead atoms. The molecule has 5 nitrogen and oxygen atoms in total. The van der Waals surface area contributed by atoms with Crippen LogP contribution in [0.25, 0.3) is 0 Å². The third kappa shape index (κ3) is 3.04. The number of halogens is 1. The highest BCUT2D eigenvalue weighted by Gasteiger charge is 2.16. The monoisotopic (exact) mass is 312 g/mol. The summed E-state index contributed by atoms with van der Waals surface area (Å²) in [6.07, 6.45) is 0. The van der Waals surface area contributed by atoms with Crippen LogP contribution in [0.2, 0.25) is 5.02 Å². The molecule has 0 aliphatic heterocycles. The molecule has 2 aromatic rings. The van der Waals surface area contributed by atoms with Crippen LogP contribution in [0, 0.1) is 6.92 Å². The van der Waals surface area contributed by atoms with E-state index in [0.29, 0.717) is 10.8 Å². The van der Waals surface area contributed by atoms with E-state index in [2.05, 4.69) is 0 Å². The van der Waals surface area contributed by atoms with Gasteiger partial charge in [0.25, 0.3) is 0 Å². The Morgan fingerprint density at radius 2 is 1.90 bits per heavy atom. The van der Waals surface area contributed by atoms with Crippen LogP contribution in [-0.4, -0.2) is 8.42 Å². The first-order valence-electron chi connectivity index (χ1n) is 5.64. The second kappa shape index (κ2) is 5.32. The van der Waals surface area contributed by atoms with Gasteiger partial charge in [0, 0.05) is 5.02 Å². The lowest BCUT2D eigenvalue weighted by Crippen LogP contribution is -2.14. The Hall–Kier alpha value is -1.76. The molecule has 0 aromatic heterocycles. The predicted molar refractivity (Wildman–Crippen MR) is 78.5 cm³/mol. The highest BCUT2D eigenvalue weighted by Crippen LogP contribution is 2.33. The summed E-state index contributed by atoms with van der Waals surface area (Å²) < 4.78 is 28.3. The van der Waals surface area contributed by atoms with E-state index in [4.69, 9.17) is 27.2 Å². The van der Waals surface area contributed by atoms with Gasteiger partial charge in [0.2, 0.25) is 10.0 Å². The Morgan fingerprint density at radius 3 is 2.50 bits per heavy atom. The molecule has 106 valence electrons. The number of nitrogens with two attached hydrogens (primary N) is 2. The van der Waals surface area contributed by atoms with E-state index in [-0.39, 0.29) is 16.3 Å². The number of ether oxygens (including phenoxy) is 1. The molecule has 2 rings (SSSR count). The molecular formula is C13H13ClN2O3S. The third-order valence-corrected chi connectivity index (χ3v) is 4.08. The van der Waals surface area contributed by atoms with Gasteiger partial charge in [-0.1, -0.05) is 17.7 Å². The summed E-state index contributed by atoms with van der Waals surface area (Å²) in [7, 11) is -3.89. The van der Waals surface area contributed by atoms with Crippen molar-refractivity contribution < 1.29 is 13.2 Å². The van der Waals surface area contributed by atoms with Crippen molar-refractivity contribution in [3.8, 4) is 11.5 Å². The van der Waals surface area contributed by atoms with Gasteiger partial charge in [-0.15, -0.1) is 0 Å². The van der Waals surface area contributed by atoms with Crippen molar-refractivity contribution in [1.29, 1.82) is 0 Å². The van der Waals surface area contributed by atoms with Gasteiger partial charge in [-0.25, -0.2) is 13.6 Å². The number of nitrogen functional groups attached to an aromatic ring is 1. The zero-order valence-electron chi connectivity index (χ0n) is 10.6. The van der Waals surface area contributed by atoms with E-state index >= 15 is 0 Å². The lowest BCUT2D eigenvalue weighted by Gasteiger charge is -2.11. The van der Waals surface area contributed by atoms with Crippen LogP contribution in [0.5, 0.6) is 11.5 Å². The van der Waals surface area contributed by atoms with Gasteiger partial charge in [-0.3, -0.25) is 0 Å². The summed E-state index contributed by atoms with van der Waals surface area (Å²) >= 11 is 5.92. The van der Waals surface area contributed by atoms with Crippen LogP contribution in [0.4, 0.5) is 5.69 Å². The largest absolute Gasteiger partial charge is 0.455 e. The van der Waals surface area contributed by atoms with E-state index in [9.17, 15) is 8.42 Å². The molecule has 4 N–H and O–H groups in total. The SMILES string of the molecule is Cc1cc(Oc2cccc(S(N)(=O)=O)c2N)ccc1Cl. The number of hydrogen-bond donors (Lipinski definition) is 2. The van der Waals surface area contributed by atoms with Crippen LogP contribution in [0.15, 0.2) is 41.3 Å². The maximum Gasteiger partial charge on any atom is 0.240 e. The van der Waals surface area contributed by atoms with Gasteiger partial charge in [-0.05, 0) is 42.8 Å². The second-order valence-corrected chi connectivity index (χ2v) is 6.16. The van der Waals surface area contributed by atoms with Crippen molar-refractivity contribution in [2.24, 2.45) is 5.14 Å². The third-order valence-electron chi connectivity index (χ3n) is 2.69. The van der Waals surface area contributed by atoms with Gasteiger partial charge in [0.05, 0.1) is 5.69 Å². The minimum Gasteiger partial charge on any atom is -0.455 e. The molecule has 0 fully saturated rings. The average molecular weight is 313 g/mol. The highest BCUT2D eigenvalue weighted by atomic mass is 35.5. The Bertz CT molecular complexity index is 760. The van der Waals surface area contributed by atoms with Gasteiger partial charge < -0.3 is 10.5 Å². The zero-order valence-corrected chi connectivity index (χ0v) is 12.2. The first-order valence-corrected chi connectivity index (χ1v) is 7.57. The summed E-state index contributed by atoms with van der Waals surface area (Å²) in [6.45, 7) is 1.83. The topological polar surface area (TPSA) is 95.4 Å². The van der Waals surface area contributed by atoms with E-state index in [1.807, 2.05) is 6.92 Å². The molecule has 2 aromatic carbocycles. The molecule has 0 spiro atoms. The fourth-order valence-electron chi connectivity index (χ4n) is 1.67. The quantitative estimate of drug-likeness (QED) is 0.852. The van der Waals surface area contributed by atoms with Crippen LogP contribution in [0.3, 0.4) is 0 Å². The van der Waals surface area contributed by atoms with Crippen molar-refractivity contribution in [3.63, 3.8) is 0 Å². The molecule has 0 radical (unpaired) electrons. The highest BCUT2D eigenvalue weighted by molar-refractivity contribution is 7.89. The summed E-state index contributed by atoms with van der Waals surface area (Å²) in [6, 6.07) is 9.47. The van der Waals surface area contributed by atoms with E-state index in [1.165, 1.54) is 12.1 Å². The van der Waals surface area contributed by atoms with Gasteiger partial charge in [0.15, 0.2) is 5.75 Å². The van der Waals surface area contributed by atoms with E-state index < -0.39 is 10.0 Å². The predicted octanol–water partition coefficient (Wildman–Crippen LogP) is 2.67. The molecule has 0 saturated heterocycles. The summed E-state index contributed by atoms with van der Waals surface area (Å²) in [5.41, 5.74) is 6.59. The van der Waals surface area contributed by atoms with Crippen LogP contribution >= 0.6 is 11.6 Å². The van der Waals surface area contributed by atoms with Crippen molar-refractivity contribution in [2.45, 2.75) is 11.8 Å². The maximum absolute atomic E-state index is 11.4. The minimum atomic E-state index is -3.89. The maximum atomic E-state index is 11.4. The number of aryl methyl sites for hydroxylation is 1. The number of sulfonamides is 1. The fourth-order valence-corrected chi connectivity index (χ4v) is 2.46. The Kier molecular flexibility index (Phi) is 3.89. The van der Waals surface area contributed by atoms with E-state index in [0.717, 1.165) is 5.56 Å². The molecule has 7 heteroatoms. The lowest BCUT2D eigenvalue weighted by molar-refractivity contribution is 0.483. The van der Waals surface area contributed by atoms with Gasteiger partial charge in [0.1, 0.15) is 10.6 Å². The Morgan fingerprint density at radius 1 is 1.20 bits per heavy atom. The van der Waals surface area contributed by atoms with Crippen molar-refractivity contribution >= 4 is 27.3 Å². The molecule has 0 unspecified atom stereocenters. The van der Waals surface area contributed by atoms with Crippen LogP contribution < -0.4 is 15.6 Å². The van der Waals surface area contributed by atoms with Crippen LogP contribution in [0.1, 0.15) is 5.56 Å². The number of anilines is 1. The molecule has 20 heavy (non-hydrogen) atoms.